The summed E-state index contributed by atoms with van der Waals surface area (Å²) in [5.41, 5.74) is 2.88. The SMILES string of the molecule is O=C(O)CNC(Cc1ccccc1)C(=O)N1CC(=Cc2ccc(Cl)c(Cl)c2)C(=O)C(=Cc2ccc(Cl)c(Cl)c2)C1. The molecule has 206 valence electrons. The summed E-state index contributed by atoms with van der Waals surface area (Å²) in [5.74, 6) is -1.66. The fraction of sp³-hybridized carbons (Fsp3) is 0.167. The smallest absolute Gasteiger partial charge is 0.317 e. The molecule has 1 fully saturated rings. The number of nitrogens with one attached hydrogen (secondary N) is 1. The highest BCUT2D eigenvalue weighted by Gasteiger charge is 2.33. The lowest BCUT2D eigenvalue weighted by Gasteiger charge is -2.33. The molecule has 0 bridgehead atoms. The lowest BCUT2D eigenvalue weighted by atomic mass is 9.93. The molecule has 2 N–H and O–H groups in total. The third kappa shape index (κ3) is 7.74. The molecule has 0 radical (unpaired) electrons. The quantitative estimate of drug-likeness (QED) is 0.283. The second kappa shape index (κ2) is 13.5. The molecule has 1 heterocycles. The first-order valence-corrected chi connectivity index (χ1v) is 13.8. The summed E-state index contributed by atoms with van der Waals surface area (Å²) in [4.78, 5) is 40.3. The number of carboxylic acid groups (broad SMARTS) is 1. The van der Waals surface area contributed by atoms with Crippen molar-refractivity contribution in [3.63, 3.8) is 0 Å². The molecule has 1 atom stereocenters. The molecule has 0 saturated carbocycles. The minimum absolute atomic E-state index is 0.0245. The molecule has 6 nitrogen and oxygen atoms in total. The van der Waals surface area contributed by atoms with Gasteiger partial charge in [-0.05, 0) is 59.5 Å². The van der Waals surface area contributed by atoms with Crippen LogP contribution in [-0.4, -0.2) is 53.3 Å². The lowest BCUT2D eigenvalue weighted by Crippen LogP contribution is -2.52. The van der Waals surface area contributed by atoms with Gasteiger partial charge in [-0.25, -0.2) is 0 Å². The zero-order valence-electron chi connectivity index (χ0n) is 21.0. The van der Waals surface area contributed by atoms with E-state index >= 15 is 0 Å². The van der Waals surface area contributed by atoms with Crippen LogP contribution in [-0.2, 0) is 20.8 Å². The van der Waals surface area contributed by atoms with Gasteiger partial charge in [-0.1, -0.05) is 88.9 Å². The molecule has 1 aliphatic heterocycles. The molecule has 1 aliphatic rings. The fourth-order valence-corrected chi connectivity index (χ4v) is 4.94. The molecule has 3 aromatic carbocycles. The predicted octanol–water partition coefficient (Wildman–Crippen LogP) is 6.46. The van der Waals surface area contributed by atoms with Crippen molar-refractivity contribution in [2.24, 2.45) is 0 Å². The Bertz CT molecular complexity index is 1430. The average Bonchev–Trinajstić information content (AvgIpc) is 2.93. The van der Waals surface area contributed by atoms with Crippen LogP contribution in [0.3, 0.4) is 0 Å². The minimum atomic E-state index is -1.08. The molecule has 0 aliphatic carbocycles. The Labute approximate surface area is 251 Å². The number of likely N-dealkylation sites (tertiary alicyclic amines) is 1. The third-order valence-corrected chi connectivity index (χ3v) is 7.74. The average molecular weight is 618 g/mol. The summed E-state index contributed by atoms with van der Waals surface area (Å²) in [6.07, 6.45) is 3.61. The number of hydrogen-bond acceptors (Lipinski definition) is 4. The number of carbonyl (C=O) groups is 3. The monoisotopic (exact) mass is 616 g/mol. The highest BCUT2D eigenvalue weighted by molar-refractivity contribution is 6.42. The van der Waals surface area contributed by atoms with Crippen molar-refractivity contribution in [2.45, 2.75) is 12.5 Å². The maximum atomic E-state index is 13.8. The van der Waals surface area contributed by atoms with E-state index in [2.05, 4.69) is 5.32 Å². The van der Waals surface area contributed by atoms with Gasteiger partial charge in [0.1, 0.15) is 0 Å². The van der Waals surface area contributed by atoms with E-state index in [1.165, 1.54) is 4.90 Å². The van der Waals surface area contributed by atoms with Crippen LogP contribution in [0.25, 0.3) is 12.2 Å². The molecule has 1 amide bonds. The molecule has 40 heavy (non-hydrogen) atoms. The third-order valence-electron chi connectivity index (χ3n) is 6.27. The standard InChI is InChI=1S/C30H24Cl4N2O4/c31-23-8-6-19(12-25(23)33)10-21-16-36(17-22(29(21)39)11-20-7-9-24(32)26(34)13-20)30(40)27(35-15-28(37)38)14-18-4-2-1-3-5-18/h1-13,27,35H,14-17H2,(H,37,38). The Morgan fingerprint density at radius 3 is 1.82 bits per heavy atom. The molecule has 10 heteroatoms. The number of halogens is 4. The Balaban J connectivity index is 1.72. The first-order chi connectivity index (χ1) is 19.1. The van der Waals surface area contributed by atoms with Gasteiger partial charge in [0.05, 0.1) is 32.7 Å². The Hall–Kier alpha value is -3.13. The zero-order valence-corrected chi connectivity index (χ0v) is 24.1. The Morgan fingerprint density at radius 2 is 1.35 bits per heavy atom. The van der Waals surface area contributed by atoms with Crippen LogP contribution in [0.15, 0.2) is 77.9 Å². The van der Waals surface area contributed by atoms with Crippen molar-refractivity contribution >= 4 is 76.2 Å². The number of nitrogens with zero attached hydrogens (tertiary/aromatic N) is 1. The lowest BCUT2D eigenvalue weighted by molar-refractivity contribution is -0.137. The molecule has 4 rings (SSSR count). The summed E-state index contributed by atoms with van der Waals surface area (Å²) in [6, 6.07) is 18.5. The summed E-state index contributed by atoms with van der Waals surface area (Å²) < 4.78 is 0. The van der Waals surface area contributed by atoms with Crippen LogP contribution in [0.2, 0.25) is 20.1 Å². The number of carbonyl (C=O) groups excluding carboxylic acids is 2. The summed E-state index contributed by atoms with van der Waals surface area (Å²) in [7, 11) is 0. The van der Waals surface area contributed by atoms with Gasteiger partial charge in [-0.2, -0.15) is 0 Å². The minimum Gasteiger partial charge on any atom is -0.480 e. The van der Waals surface area contributed by atoms with Gasteiger partial charge < -0.3 is 10.0 Å². The van der Waals surface area contributed by atoms with Crippen LogP contribution in [0, 0.1) is 0 Å². The predicted molar refractivity (Wildman–Crippen MR) is 160 cm³/mol. The van der Waals surface area contributed by atoms with Gasteiger partial charge in [0.2, 0.25) is 5.91 Å². The van der Waals surface area contributed by atoms with Crippen molar-refractivity contribution in [3.8, 4) is 0 Å². The first-order valence-electron chi connectivity index (χ1n) is 12.2. The normalized spacial score (nSPS) is 16.4. The van der Waals surface area contributed by atoms with E-state index in [1.807, 2.05) is 30.3 Å². The zero-order chi connectivity index (χ0) is 28.8. The van der Waals surface area contributed by atoms with Gasteiger partial charge in [0.25, 0.3) is 0 Å². The van der Waals surface area contributed by atoms with Crippen molar-refractivity contribution in [1.29, 1.82) is 0 Å². The van der Waals surface area contributed by atoms with Crippen LogP contribution in [0.5, 0.6) is 0 Å². The summed E-state index contributed by atoms with van der Waals surface area (Å²) >= 11 is 24.5. The number of benzene rings is 3. The largest absolute Gasteiger partial charge is 0.480 e. The van der Waals surface area contributed by atoms with Gasteiger partial charge in [0, 0.05) is 24.2 Å². The molecule has 3 aromatic rings. The van der Waals surface area contributed by atoms with E-state index in [9.17, 15) is 19.5 Å². The van der Waals surface area contributed by atoms with Crippen LogP contribution >= 0.6 is 46.4 Å². The van der Waals surface area contributed by atoms with Crippen LogP contribution < -0.4 is 5.32 Å². The highest BCUT2D eigenvalue weighted by atomic mass is 35.5. The van der Waals surface area contributed by atoms with Gasteiger partial charge >= 0.3 is 5.97 Å². The van der Waals surface area contributed by atoms with Crippen molar-refractivity contribution in [1.82, 2.24) is 10.2 Å². The van der Waals surface area contributed by atoms with Crippen molar-refractivity contribution in [3.05, 3.63) is 115 Å². The van der Waals surface area contributed by atoms with Crippen molar-refractivity contribution in [2.75, 3.05) is 19.6 Å². The Morgan fingerprint density at radius 1 is 0.825 bits per heavy atom. The van der Waals surface area contributed by atoms with Gasteiger partial charge in [0.15, 0.2) is 5.78 Å². The van der Waals surface area contributed by atoms with Crippen molar-refractivity contribution < 1.29 is 19.5 Å². The number of carboxylic acids is 1. The van der Waals surface area contributed by atoms with E-state index in [1.54, 1.807) is 48.6 Å². The molecular weight excluding hydrogens is 594 g/mol. The molecule has 1 saturated heterocycles. The van der Waals surface area contributed by atoms with E-state index in [4.69, 9.17) is 46.4 Å². The first kappa shape index (κ1) is 29.8. The van der Waals surface area contributed by atoms with E-state index in [0.717, 1.165) is 5.56 Å². The number of Topliss-reactive ketones (excluding diaryl/α,β-unsaturated/α-hetero) is 1. The molecule has 1 unspecified atom stereocenters. The maximum Gasteiger partial charge on any atom is 0.317 e. The summed E-state index contributed by atoms with van der Waals surface area (Å²) in [6.45, 7) is -0.346. The second-order valence-corrected chi connectivity index (χ2v) is 10.9. The topological polar surface area (TPSA) is 86.7 Å². The fourth-order valence-electron chi connectivity index (χ4n) is 4.33. The van der Waals surface area contributed by atoms with Gasteiger partial charge in [-0.15, -0.1) is 0 Å². The highest BCUT2D eigenvalue weighted by Crippen LogP contribution is 2.28. The van der Waals surface area contributed by atoms with E-state index in [-0.39, 0.29) is 31.2 Å². The molecule has 0 spiro atoms. The number of piperidine rings is 1. The number of hydrogen-bond donors (Lipinski definition) is 2. The molecular formula is C30H24Cl4N2O4. The second-order valence-electron chi connectivity index (χ2n) is 9.23. The number of aliphatic carboxylic acids is 1. The number of rotatable bonds is 8. The van der Waals surface area contributed by atoms with E-state index in [0.29, 0.717) is 42.4 Å². The van der Waals surface area contributed by atoms with E-state index < -0.39 is 18.6 Å². The number of amides is 1. The number of ketones is 1. The van der Waals surface area contributed by atoms with Gasteiger partial charge in [-0.3, -0.25) is 19.7 Å². The molecule has 0 aromatic heterocycles. The Kier molecular flexibility index (Phi) is 10.1. The maximum absolute atomic E-state index is 13.8. The van der Waals surface area contributed by atoms with Crippen LogP contribution in [0.1, 0.15) is 16.7 Å². The van der Waals surface area contributed by atoms with Crippen LogP contribution in [0.4, 0.5) is 0 Å². The summed E-state index contributed by atoms with van der Waals surface area (Å²) in [5, 5.41) is 13.5.